The van der Waals surface area contributed by atoms with Crippen LogP contribution in [0.2, 0.25) is 0 Å². The number of aromatic nitrogens is 2. The minimum atomic E-state index is 0.0409. The highest BCUT2D eigenvalue weighted by molar-refractivity contribution is 5.97. The molecule has 1 aromatic carbocycles. The normalized spacial score (nSPS) is 22.1. The maximum Gasteiger partial charge on any atom is 0.254 e. The van der Waals surface area contributed by atoms with Gasteiger partial charge in [0.2, 0.25) is 0 Å². The third-order valence-electron chi connectivity index (χ3n) is 5.35. The topological polar surface area (TPSA) is 85.4 Å². The number of fused-ring (bicyclic) bond motifs is 1. The van der Waals surface area contributed by atoms with Gasteiger partial charge in [-0.2, -0.15) is 5.10 Å². The number of likely N-dealkylation sites (tertiary alicyclic amines) is 1. The van der Waals surface area contributed by atoms with E-state index in [9.17, 15) is 4.79 Å². The maximum absolute atomic E-state index is 13.4. The first kappa shape index (κ1) is 16.9. The van der Waals surface area contributed by atoms with Crippen LogP contribution in [-0.4, -0.2) is 52.9 Å². The summed E-state index contributed by atoms with van der Waals surface area (Å²) in [6.07, 6.45) is 4.69. The van der Waals surface area contributed by atoms with Crippen LogP contribution in [0.15, 0.2) is 30.5 Å². The van der Waals surface area contributed by atoms with Gasteiger partial charge >= 0.3 is 0 Å². The molecule has 1 fully saturated rings. The predicted molar refractivity (Wildman–Crippen MR) is 100 cm³/mol. The van der Waals surface area contributed by atoms with E-state index in [1.165, 1.54) is 0 Å². The smallest absolute Gasteiger partial charge is 0.254 e. The number of carbonyl (C=O) groups is 1. The van der Waals surface area contributed by atoms with Crippen LogP contribution >= 0.6 is 0 Å². The second kappa shape index (κ2) is 6.99. The minimum absolute atomic E-state index is 0.0409. The van der Waals surface area contributed by atoms with Gasteiger partial charge in [0.05, 0.1) is 18.7 Å². The van der Waals surface area contributed by atoms with E-state index in [2.05, 4.69) is 16.5 Å². The minimum Gasteiger partial charge on any atom is -0.385 e. The molecular formula is C19H25N5O2. The van der Waals surface area contributed by atoms with Crippen molar-refractivity contribution in [3.05, 3.63) is 41.6 Å². The van der Waals surface area contributed by atoms with Gasteiger partial charge in [-0.25, -0.2) is 0 Å². The molecule has 7 heteroatoms. The van der Waals surface area contributed by atoms with Gasteiger partial charge in [-0.1, -0.05) is 6.07 Å². The van der Waals surface area contributed by atoms with E-state index in [1.807, 2.05) is 23.2 Å². The zero-order chi connectivity index (χ0) is 18.1. The van der Waals surface area contributed by atoms with Crippen molar-refractivity contribution in [3.8, 4) is 0 Å². The first-order chi connectivity index (χ1) is 12.7. The Bertz CT molecular complexity index is 803. The summed E-state index contributed by atoms with van der Waals surface area (Å²) in [7, 11) is 1.70. The molecule has 3 heterocycles. The number of benzene rings is 1. The van der Waals surface area contributed by atoms with Gasteiger partial charge in [0, 0.05) is 37.6 Å². The quantitative estimate of drug-likeness (QED) is 0.873. The predicted octanol–water partition coefficient (Wildman–Crippen LogP) is 1.75. The summed E-state index contributed by atoms with van der Waals surface area (Å²) in [6.45, 7) is 2.19. The lowest BCUT2D eigenvalue weighted by molar-refractivity contribution is 0.0677. The molecule has 3 N–H and O–H groups in total. The number of carbonyl (C=O) groups excluding carboxylic acids is 1. The molecule has 26 heavy (non-hydrogen) atoms. The van der Waals surface area contributed by atoms with E-state index in [1.54, 1.807) is 17.9 Å². The van der Waals surface area contributed by atoms with Gasteiger partial charge in [0.25, 0.3) is 5.91 Å². The SMILES string of the molecule is CO[C@@H]1C[C@@H](Cn2ccc(N)n2)N(C(=O)c2cccc3c2CCCN3)C1. The molecule has 138 valence electrons. The van der Waals surface area contributed by atoms with Crippen LogP contribution in [-0.2, 0) is 17.7 Å². The van der Waals surface area contributed by atoms with Crippen LogP contribution in [0.3, 0.4) is 0 Å². The molecule has 2 aromatic rings. The van der Waals surface area contributed by atoms with Gasteiger partial charge in [0.15, 0.2) is 0 Å². The van der Waals surface area contributed by atoms with Crippen LogP contribution in [0, 0.1) is 0 Å². The molecule has 4 rings (SSSR count). The summed E-state index contributed by atoms with van der Waals surface area (Å²) < 4.78 is 7.36. The van der Waals surface area contributed by atoms with Gasteiger partial charge in [-0.15, -0.1) is 0 Å². The van der Waals surface area contributed by atoms with Crippen LogP contribution < -0.4 is 11.1 Å². The van der Waals surface area contributed by atoms with Gasteiger partial charge in [0.1, 0.15) is 5.82 Å². The van der Waals surface area contributed by atoms with Gasteiger partial charge in [-0.3, -0.25) is 9.48 Å². The number of nitrogens with zero attached hydrogens (tertiary/aromatic N) is 3. The molecule has 2 atom stereocenters. The average molecular weight is 355 g/mol. The maximum atomic E-state index is 13.4. The number of methoxy groups -OCH3 is 1. The summed E-state index contributed by atoms with van der Waals surface area (Å²) in [6, 6.07) is 7.76. The molecule has 0 aliphatic carbocycles. The fourth-order valence-corrected chi connectivity index (χ4v) is 4.03. The number of hydrogen-bond acceptors (Lipinski definition) is 5. The van der Waals surface area contributed by atoms with Crippen molar-refractivity contribution < 1.29 is 9.53 Å². The van der Waals surface area contributed by atoms with Crippen molar-refractivity contribution in [2.75, 3.05) is 31.2 Å². The highest BCUT2D eigenvalue weighted by Crippen LogP contribution is 2.29. The van der Waals surface area contributed by atoms with E-state index in [4.69, 9.17) is 10.5 Å². The average Bonchev–Trinajstić information content (AvgIpc) is 3.27. The van der Waals surface area contributed by atoms with Crippen molar-refractivity contribution in [1.29, 1.82) is 0 Å². The standard InChI is InChI=1S/C19H25N5O2/c1-26-14-10-13(11-23-9-7-18(20)22-23)24(12-14)19(25)16-4-2-6-17-15(16)5-3-8-21-17/h2,4,6-7,9,13-14,21H,3,5,8,10-12H2,1H3,(H2,20,22)/t13-,14+/m0/s1. The summed E-state index contributed by atoms with van der Waals surface area (Å²) in [5, 5.41) is 7.67. The number of anilines is 2. The second-order valence-corrected chi connectivity index (χ2v) is 7.03. The lowest BCUT2D eigenvalue weighted by Gasteiger charge is -2.27. The van der Waals surface area contributed by atoms with E-state index in [0.29, 0.717) is 18.9 Å². The first-order valence-corrected chi connectivity index (χ1v) is 9.14. The fraction of sp³-hybridized carbons (Fsp3) is 0.474. The largest absolute Gasteiger partial charge is 0.385 e. The third kappa shape index (κ3) is 3.14. The summed E-state index contributed by atoms with van der Waals surface area (Å²) in [4.78, 5) is 15.3. The fourth-order valence-electron chi connectivity index (χ4n) is 4.03. The van der Waals surface area contributed by atoms with Crippen molar-refractivity contribution in [1.82, 2.24) is 14.7 Å². The Kier molecular flexibility index (Phi) is 4.55. The Morgan fingerprint density at radius 1 is 1.42 bits per heavy atom. The lowest BCUT2D eigenvalue weighted by Crippen LogP contribution is -2.39. The molecule has 0 spiro atoms. The Morgan fingerprint density at radius 2 is 2.31 bits per heavy atom. The van der Waals surface area contributed by atoms with Gasteiger partial charge in [-0.05, 0) is 43.0 Å². The number of hydrogen-bond donors (Lipinski definition) is 2. The van der Waals surface area contributed by atoms with Crippen LogP contribution in [0.25, 0.3) is 0 Å². The molecule has 2 aliphatic rings. The third-order valence-corrected chi connectivity index (χ3v) is 5.35. The second-order valence-electron chi connectivity index (χ2n) is 7.03. The highest BCUT2D eigenvalue weighted by Gasteiger charge is 2.37. The monoisotopic (exact) mass is 355 g/mol. The molecular weight excluding hydrogens is 330 g/mol. The molecule has 7 nitrogen and oxygen atoms in total. The number of rotatable bonds is 4. The number of nitrogen functional groups attached to an aromatic ring is 1. The summed E-state index contributed by atoms with van der Waals surface area (Å²) in [5.41, 5.74) is 8.74. The summed E-state index contributed by atoms with van der Waals surface area (Å²) >= 11 is 0. The highest BCUT2D eigenvalue weighted by atomic mass is 16.5. The van der Waals surface area contributed by atoms with E-state index < -0.39 is 0 Å². The van der Waals surface area contributed by atoms with Crippen LogP contribution in [0.5, 0.6) is 0 Å². The molecule has 0 bridgehead atoms. The first-order valence-electron chi connectivity index (χ1n) is 9.14. The van der Waals surface area contributed by atoms with Gasteiger partial charge < -0.3 is 20.7 Å². The number of nitrogens with two attached hydrogens (primary N) is 1. The molecule has 0 saturated carbocycles. The number of nitrogens with one attached hydrogen (secondary N) is 1. The molecule has 0 unspecified atom stereocenters. The van der Waals surface area contributed by atoms with Crippen LogP contribution in [0.1, 0.15) is 28.8 Å². The number of amides is 1. The number of ether oxygens (including phenoxy) is 1. The summed E-state index contributed by atoms with van der Waals surface area (Å²) in [5.74, 6) is 0.572. The van der Waals surface area contributed by atoms with Crippen molar-refractivity contribution in [2.45, 2.75) is 38.0 Å². The molecule has 1 aromatic heterocycles. The molecule has 2 aliphatic heterocycles. The van der Waals surface area contributed by atoms with Crippen molar-refractivity contribution in [2.24, 2.45) is 0 Å². The van der Waals surface area contributed by atoms with E-state index >= 15 is 0 Å². The molecule has 1 saturated heterocycles. The van der Waals surface area contributed by atoms with Crippen LogP contribution in [0.4, 0.5) is 11.5 Å². The zero-order valence-electron chi connectivity index (χ0n) is 15.0. The Labute approximate surface area is 153 Å². The van der Waals surface area contributed by atoms with Crippen molar-refractivity contribution >= 4 is 17.4 Å². The Morgan fingerprint density at radius 3 is 3.08 bits per heavy atom. The Hall–Kier alpha value is -2.54. The zero-order valence-corrected chi connectivity index (χ0v) is 15.0. The Balaban J connectivity index is 1.60. The van der Waals surface area contributed by atoms with E-state index in [-0.39, 0.29) is 18.1 Å². The molecule has 1 amide bonds. The molecule has 0 radical (unpaired) electrons. The van der Waals surface area contributed by atoms with E-state index in [0.717, 1.165) is 42.6 Å². The van der Waals surface area contributed by atoms with Crippen molar-refractivity contribution in [3.63, 3.8) is 0 Å². The lowest BCUT2D eigenvalue weighted by atomic mass is 9.96.